The van der Waals surface area contributed by atoms with Crippen LogP contribution < -0.4 is 5.73 Å². The van der Waals surface area contributed by atoms with Crippen molar-refractivity contribution in [3.8, 4) is 5.75 Å². The van der Waals surface area contributed by atoms with Crippen LogP contribution in [0.15, 0.2) is 12.1 Å². The van der Waals surface area contributed by atoms with E-state index in [1.807, 2.05) is 0 Å². The number of Topliss-reactive ketones (excluding diaryl/α,β-unsaturated/α-hetero) is 1. The summed E-state index contributed by atoms with van der Waals surface area (Å²) < 4.78 is 0. The average Bonchev–Trinajstić information content (AvgIpc) is 2.33. The number of phenols is 1. The monoisotopic (exact) mass is 163 g/mol. The van der Waals surface area contributed by atoms with Crippen molar-refractivity contribution in [2.75, 3.05) is 5.73 Å². The van der Waals surface area contributed by atoms with Crippen molar-refractivity contribution >= 4 is 11.5 Å². The molecular weight excluding hydrogens is 154 g/mol. The molecule has 0 aliphatic heterocycles. The fourth-order valence-corrected chi connectivity index (χ4v) is 1.56. The Morgan fingerprint density at radius 1 is 1.33 bits per heavy atom. The van der Waals surface area contributed by atoms with Crippen LogP contribution in [0.25, 0.3) is 0 Å². The van der Waals surface area contributed by atoms with Gasteiger partial charge in [0.1, 0.15) is 5.75 Å². The van der Waals surface area contributed by atoms with Crippen LogP contribution in [0.4, 0.5) is 5.69 Å². The molecule has 0 atom stereocenters. The highest BCUT2D eigenvalue weighted by atomic mass is 16.3. The summed E-state index contributed by atoms with van der Waals surface area (Å²) in [7, 11) is 0. The number of benzene rings is 1. The highest BCUT2D eigenvalue weighted by molar-refractivity contribution is 6.01. The summed E-state index contributed by atoms with van der Waals surface area (Å²) in [6, 6.07) is 3.11. The number of nitrogens with two attached hydrogens (primary N) is 1. The number of rotatable bonds is 0. The van der Waals surface area contributed by atoms with E-state index in [-0.39, 0.29) is 11.5 Å². The van der Waals surface area contributed by atoms with Crippen molar-refractivity contribution in [3.63, 3.8) is 0 Å². The van der Waals surface area contributed by atoms with E-state index in [0.717, 1.165) is 5.56 Å². The molecule has 0 bridgehead atoms. The van der Waals surface area contributed by atoms with Crippen molar-refractivity contribution < 1.29 is 9.90 Å². The number of ketones is 1. The van der Waals surface area contributed by atoms with Crippen LogP contribution >= 0.6 is 0 Å². The molecule has 1 aromatic rings. The Labute approximate surface area is 69.8 Å². The van der Waals surface area contributed by atoms with E-state index in [9.17, 15) is 9.90 Å². The molecule has 3 heteroatoms. The zero-order valence-corrected chi connectivity index (χ0v) is 6.50. The topological polar surface area (TPSA) is 63.3 Å². The number of anilines is 1. The molecule has 0 fully saturated rings. The van der Waals surface area contributed by atoms with Gasteiger partial charge in [0, 0.05) is 29.3 Å². The van der Waals surface area contributed by atoms with E-state index < -0.39 is 0 Å². The third-order valence-electron chi connectivity index (χ3n) is 2.15. The SMILES string of the molecule is Nc1cc(O)c2c(c1)C(=O)CC2. The van der Waals surface area contributed by atoms with Crippen LogP contribution in [0.1, 0.15) is 22.3 Å². The second kappa shape index (κ2) is 2.24. The number of aromatic hydroxyl groups is 1. The maximum absolute atomic E-state index is 11.2. The quantitative estimate of drug-likeness (QED) is 0.563. The molecule has 1 aliphatic rings. The lowest BCUT2D eigenvalue weighted by Crippen LogP contribution is -1.94. The van der Waals surface area contributed by atoms with Gasteiger partial charge >= 0.3 is 0 Å². The molecule has 0 saturated heterocycles. The molecule has 0 radical (unpaired) electrons. The van der Waals surface area contributed by atoms with Crippen molar-refractivity contribution in [2.24, 2.45) is 0 Å². The van der Waals surface area contributed by atoms with Crippen LogP contribution in [0.2, 0.25) is 0 Å². The maximum Gasteiger partial charge on any atom is 0.163 e. The minimum atomic E-state index is 0.0765. The Kier molecular flexibility index (Phi) is 1.33. The molecule has 3 N–H and O–H groups in total. The van der Waals surface area contributed by atoms with Gasteiger partial charge < -0.3 is 10.8 Å². The normalized spacial score (nSPS) is 14.8. The summed E-state index contributed by atoms with van der Waals surface area (Å²) in [5, 5.41) is 9.40. The molecule has 3 nitrogen and oxygen atoms in total. The third kappa shape index (κ3) is 0.863. The van der Waals surface area contributed by atoms with Gasteiger partial charge in [0.15, 0.2) is 5.78 Å². The summed E-state index contributed by atoms with van der Waals surface area (Å²) in [6.45, 7) is 0. The van der Waals surface area contributed by atoms with Gasteiger partial charge in [0.05, 0.1) is 0 Å². The van der Waals surface area contributed by atoms with E-state index >= 15 is 0 Å². The molecule has 62 valence electrons. The third-order valence-corrected chi connectivity index (χ3v) is 2.15. The molecule has 1 aromatic carbocycles. The number of carbonyl (C=O) groups excluding carboxylic acids is 1. The van der Waals surface area contributed by atoms with Crippen molar-refractivity contribution in [3.05, 3.63) is 23.3 Å². The van der Waals surface area contributed by atoms with Gasteiger partial charge in [-0.05, 0) is 12.5 Å². The van der Waals surface area contributed by atoms with E-state index in [4.69, 9.17) is 5.73 Å². The predicted octanol–water partition coefficient (Wildman–Crippen LogP) is 1.10. The number of fused-ring (bicyclic) bond motifs is 1. The lowest BCUT2D eigenvalue weighted by molar-refractivity contribution is 0.0994. The van der Waals surface area contributed by atoms with Crippen molar-refractivity contribution in [1.29, 1.82) is 0 Å². The maximum atomic E-state index is 11.2. The van der Waals surface area contributed by atoms with Gasteiger partial charge in [-0.3, -0.25) is 4.79 Å². The molecule has 0 spiro atoms. The second-order valence-electron chi connectivity index (χ2n) is 2.99. The van der Waals surface area contributed by atoms with Crippen LogP contribution in [-0.2, 0) is 6.42 Å². The largest absolute Gasteiger partial charge is 0.508 e. The van der Waals surface area contributed by atoms with E-state index in [0.29, 0.717) is 24.1 Å². The Balaban J connectivity index is 2.68. The molecule has 1 aliphatic carbocycles. The Hall–Kier alpha value is -1.51. The van der Waals surface area contributed by atoms with Gasteiger partial charge in [0.25, 0.3) is 0 Å². The Morgan fingerprint density at radius 3 is 2.83 bits per heavy atom. The number of carbonyl (C=O) groups is 1. The van der Waals surface area contributed by atoms with Crippen LogP contribution in [-0.4, -0.2) is 10.9 Å². The fraction of sp³-hybridized carbons (Fsp3) is 0.222. The first-order valence-corrected chi connectivity index (χ1v) is 3.83. The number of hydrogen-bond acceptors (Lipinski definition) is 3. The highest BCUT2D eigenvalue weighted by Gasteiger charge is 2.22. The summed E-state index contributed by atoms with van der Waals surface area (Å²) in [4.78, 5) is 11.2. The van der Waals surface area contributed by atoms with Crippen molar-refractivity contribution in [1.82, 2.24) is 0 Å². The predicted molar refractivity (Wildman–Crippen MR) is 45.2 cm³/mol. The van der Waals surface area contributed by atoms with Crippen LogP contribution in [0.3, 0.4) is 0 Å². The molecule has 0 saturated carbocycles. The molecule has 0 amide bonds. The highest BCUT2D eigenvalue weighted by Crippen LogP contribution is 2.31. The molecular formula is C9H9NO2. The number of hydrogen-bond donors (Lipinski definition) is 2. The molecule has 12 heavy (non-hydrogen) atoms. The summed E-state index contributed by atoms with van der Waals surface area (Å²) in [5.74, 6) is 0.225. The number of phenolic OH excluding ortho intramolecular Hbond substituents is 1. The smallest absolute Gasteiger partial charge is 0.163 e. The summed E-state index contributed by atoms with van der Waals surface area (Å²) in [6.07, 6.45) is 1.13. The summed E-state index contributed by atoms with van der Waals surface area (Å²) in [5.41, 5.74) is 7.26. The standard InChI is InChI=1S/C9H9NO2/c10-5-3-7-6(9(12)4-5)1-2-8(7)11/h3-4,12H,1-2,10H2. The Morgan fingerprint density at radius 2 is 2.08 bits per heavy atom. The van der Waals surface area contributed by atoms with Crippen LogP contribution in [0.5, 0.6) is 5.75 Å². The molecule has 0 heterocycles. The average molecular weight is 163 g/mol. The minimum Gasteiger partial charge on any atom is -0.508 e. The fourth-order valence-electron chi connectivity index (χ4n) is 1.56. The lowest BCUT2D eigenvalue weighted by atomic mass is 10.1. The Bertz CT molecular complexity index is 358. The summed E-state index contributed by atoms with van der Waals surface area (Å²) >= 11 is 0. The zero-order valence-electron chi connectivity index (χ0n) is 6.50. The molecule has 2 rings (SSSR count). The van der Waals surface area contributed by atoms with E-state index in [1.165, 1.54) is 6.07 Å². The lowest BCUT2D eigenvalue weighted by Gasteiger charge is -2.02. The van der Waals surface area contributed by atoms with Crippen LogP contribution in [0, 0.1) is 0 Å². The minimum absolute atomic E-state index is 0.0765. The van der Waals surface area contributed by atoms with Gasteiger partial charge in [-0.1, -0.05) is 0 Å². The van der Waals surface area contributed by atoms with E-state index in [2.05, 4.69) is 0 Å². The first-order valence-electron chi connectivity index (χ1n) is 3.83. The first-order chi connectivity index (χ1) is 5.68. The van der Waals surface area contributed by atoms with Crippen molar-refractivity contribution in [2.45, 2.75) is 12.8 Å². The van der Waals surface area contributed by atoms with Gasteiger partial charge in [-0.2, -0.15) is 0 Å². The zero-order chi connectivity index (χ0) is 8.72. The van der Waals surface area contributed by atoms with E-state index in [1.54, 1.807) is 6.07 Å². The molecule has 0 aromatic heterocycles. The van der Waals surface area contributed by atoms with Gasteiger partial charge in [-0.15, -0.1) is 0 Å². The first kappa shape index (κ1) is 7.16. The van der Waals surface area contributed by atoms with Gasteiger partial charge in [-0.25, -0.2) is 0 Å². The second-order valence-corrected chi connectivity index (χ2v) is 2.99. The molecule has 0 unspecified atom stereocenters. The van der Waals surface area contributed by atoms with Gasteiger partial charge in [0.2, 0.25) is 0 Å². The number of nitrogen functional groups attached to an aromatic ring is 1.